The summed E-state index contributed by atoms with van der Waals surface area (Å²) < 4.78 is 18.2. The highest BCUT2D eigenvalue weighted by molar-refractivity contribution is 5.35. The Balaban J connectivity index is 2.83. The van der Waals surface area contributed by atoms with Crippen molar-refractivity contribution in [2.24, 2.45) is 0 Å². The van der Waals surface area contributed by atoms with Crippen LogP contribution in [0.4, 0.5) is 4.39 Å². The number of benzene rings is 1. The van der Waals surface area contributed by atoms with Gasteiger partial charge in [-0.05, 0) is 19.1 Å². The summed E-state index contributed by atoms with van der Waals surface area (Å²) in [5.41, 5.74) is 0.563. The molecule has 15 heavy (non-hydrogen) atoms. The van der Waals surface area contributed by atoms with Gasteiger partial charge in [-0.2, -0.15) is 0 Å². The molecule has 1 rings (SSSR count). The maximum atomic E-state index is 12.9. The summed E-state index contributed by atoms with van der Waals surface area (Å²) in [4.78, 5) is 0. The molecule has 1 N–H and O–H groups in total. The standard InChI is InChI=1S/C12H13FO2/c1-3-4-7-15-12-8-10(13)5-6-11(12)9(2)14/h1,5-6,8-9,14H,4,7H2,2H3/t9-/m1/s1. The van der Waals surface area contributed by atoms with Gasteiger partial charge in [-0.3, -0.25) is 0 Å². The smallest absolute Gasteiger partial charge is 0.128 e. The minimum atomic E-state index is -0.688. The van der Waals surface area contributed by atoms with Crippen molar-refractivity contribution in [1.29, 1.82) is 0 Å². The number of aliphatic hydroxyl groups is 1. The molecular formula is C12H13FO2. The molecule has 1 aromatic rings. The van der Waals surface area contributed by atoms with Gasteiger partial charge in [0.25, 0.3) is 0 Å². The Bertz CT molecular complexity index is 366. The summed E-state index contributed by atoms with van der Waals surface area (Å²) >= 11 is 0. The highest BCUT2D eigenvalue weighted by Crippen LogP contribution is 2.25. The van der Waals surface area contributed by atoms with E-state index in [0.29, 0.717) is 24.3 Å². The van der Waals surface area contributed by atoms with Crippen LogP contribution in [0.2, 0.25) is 0 Å². The van der Waals surface area contributed by atoms with Crippen molar-refractivity contribution < 1.29 is 14.2 Å². The molecule has 0 radical (unpaired) electrons. The fraction of sp³-hybridized carbons (Fsp3) is 0.333. The van der Waals surface area contributed by atoms with E-state index in [-0.39, 0.29) is 0 Å². The van der Waals surface area contributed by atoms with Gasteiger partial charge in [0, 0.05) is 18.1 Å². The zero-order valence-corrected chi connectivity index (χ0v) is 8.53. The zero-order chi connectivity index (χ0) is 11.3. The maximum Gasteiger partial charge on any atom is 0.128 e. The Morgan fingerprint density at radius 1 is 1.60 bits per heavy atom. The number of halogens is 1. The van der Waals surface area contributed by atoms with Gasteiger partial charge < -0.3 is 9.84 Å². The van der Waals surface area contributed by atoms with Crippen molar-refractivity contribution in [3.63, 3.8) is 0 Å². The lowest BCUT2D eigenvalue weighted by Crippen LogP contribution is -2.02. The highest BCUT2D eigenvalue weighted by atomic mass is 19.1. The van der Waals surface area contributed by atoms with Gasteiger partial charge in [0.2, 0.25) is 0 Å². The molecule has 0 spiro atoms. The lowest BCUT2D eigenvalue weighted by atomic mass is 10.1. The topological polar surface area (TPSA) is 29.5 Å². The third kappa shape index (κ3) is 3.26. The number of rotatable bonds is 4. The number of hydrogen-bond acceptors (Lipinski definition) is 2. The Morgan fingerprint density at radius 3 is 2.93 bits per heavy atom. The normalized spacial score (nSPS) is 11.9. The quantitative estimate of drug-likeness (QED) is 0.607. The van der Waals surface area contributed by atoms with Crippen molar-refractivity contribution in [1.82, 2.24) is 0 Å². The molecule has 0 saturated heterocycles. The Kier molecular flexibility index (Phi) is 4.14. The van der Waals surface area contributed by atoms with Crippen LogP contribution in [-0.4, -0.2) is 11.7 Å². The number of terminal acetylenes is 1. The second-order valence-corrected chi connectivity index (χ2v) is 3.16. The minimum Gasteiger partial charge on any atom is -0.492 e. The lowest BCUT2D eigenvalue weighted by Gasteiger charge is -2.12. The molecule has 0 aliphatic carbocycles. The highest BCUT2D eigenvalue weighted by Gasteiger charge is 2.09. The minimum absolute atomic E-state index is 0.319. The van der Waals surface area contributed by atoms with Crippen LogP contribution in [-0.2, 0) is 0 Å². The molecule has 0 fully saturated rings. The summed E-state index contributed by atoms with van der Waals surface area (Å²) in [6, 6.07) is 4.04. The van der Waals surface area contributed by atoms with E-state index >= 15 is 0 Å². The first-order valence-corrected chi connectivity index (χ1v) is 4.69. The lowest BCUT2D eigenvalue weighted by molar-refractivity contribution is 0.191. The van der Waals surface area contributed by atoms with Gasteiger partial charge in [0.1, 0.15) is 11.6 Å². The van der Waals surface area contributed by atoms with Crippen LogP contribution in [0.3, 0.4) is 0 Å². The van der Waals surface area contributed by atoms with Crippen molar-refractivity contribution in [2.45, 2.75) is 19.4 Å². The van der Waals surface area contributed by atoms with E-state index in [4.69, 9.17) is 11.2 Å². The van der Waals surface area contributed by atoms with Crippen molar-refractivity contribution in [3.8, 4) is 18.1 Å². The predicted molar refractivity (Wildman–Crippen MR) is 56.0 cm³/mol. The molecule has 3 heteroatoms. The van der Waals surface area contributed by atoms with Gasteiger partial charge in [0.05, 0.1) is 12.7 Å². The first-order chi connectivity index (χ1) is 7.15. The fourth-order valence-corrected chi connectivity index (χ4v) is 1.20. The van der Waals surface area contributed by atoms with Gasteiger partial charge in [-0.25, -0.2) is 4.39 Å². The Morgan fingerprint density at radius 2 is 2.33 bits per heavy atom. The Labute approximate surface area is 88.7 Å². The van der Waals surface area contributed by atoms with Crippen LogP contribution >= 0.6 is 0 Å². The average molecular weight is 208 g/mol. The van der Waals surface area contributed by atoms with Gasteiger partial charge in [0.15, 0.2) is 0 Å². The molecule has 0 aliphatic heterocycles. The molecule has 1 aromatic carbocycles. The second-order valence-electron chi connectivity index (χ2n) is 3.16. The second kappa shape index (κ2) is 5.38. The first-order valence-electron chi connectivity index (χ1n) is 4.69. The van der Waals surface area contributed by atoms with Crippen LogP contribution in [0.5, 0.6) is 5.75 Å². The SMILES string of the molecule is C#CCCOc1cc(F)ccc1[C@@H](C)O. The maximum absolute atomic E-state index is 12.9. The third-order valence-electron chi connectivity index (χ3n) is 1.93. The van der Waals surface area contributed by atoms with Crippen molar-refractivity contribution in [2.75, 3.05) is 6.61 Å². The summed E-state index contributed by atoms with van der Waals surface area (Å²) in [5, 5.41) is 9.41. The first kappa shape index (κ1) is 11.5. The molecule has 80 valence electrons. The van der Waals surface area contributed by atoms with E-state index < -0.39 is 11.9 Å². The Hall–Kier alpha value is -1.53. The van der Waals surface area contributed by atoms with Crippen molar-refractivity contribution >= 4 is 0 Å². The molecule has 0 saturated carbocycles. The number of aliphatic hydroxyl groups excluding tert-OH is 1. The van der Waals surface area contributed by atoms with Crippen LogP contribution < -0.4 is 4.74 Å². The van der Waals surface area contributed by atoms with Crippen molar-refractivity contribution in [3.05, 3.63) is 29.6 Å². The van der Waals surface area contributed by atoms with Crippen LogP contribution in [0, 0.1) is 18.2 Å². The fourth-order valence-electron chi connectivity index (χ4n) is 1.20. The van der Waals surface area contributed by atoms with Crippen LogP contribution in [0.1, 0.15) is 25.0 Å². The van der Waals surface area contributed by atoms with Crippen LogP contribution in [0.25, 0.3) is 0 Å². The van der Waals surface area contributed by atoms with E-state index in [1.165, 1.54) is 18.2 Å². The van der Waals surface area contributed by atoms with E-state index in [9.17, 15) is 9.50 Å². The molecule has 0 bridgehead atoms. The van der Waals surface area contributed by atoms with E-state index in [0.717, 1.165) is 0 Å². The van der Waals surface area contributed by atoms with Gasteiger partial charge in [-0.1, -0.05) is 0 Å². The molecule has 0 heterocycles. The largest absolute Gasteiger partial charge is 0.492 e. The molecule has 2 nitrogen and oxygen atoms in total. The average Bonchev–Trinajstić information content (AvgIpc) is 2.18. The third-order valence-corrected chi connectivity index (χ3v) is 1.93. The number of ether oxygens (including phenoxy) is 1. The summed E-state index contributed by atoms with van der Waals surface area (Å²) in [7, 11) is 0. The van der Waals surface area contributed by atoms with E-state index in [1.807, 2.05) is 0 Å². The van der Waals surface area contributed by atoms with Gasteiger partial charge >= 0.3 is 0 Å². The monoisotopic (exact) mass is 208 g/mol. The summed E-state index contributed by atoms with van der Waals surface area (Å²) in [6.45, 7) is 1.92. The molecule has 1 atom stereocenters. The summed E-state index contributed by atoms with van der Waals surface area (Å²) in [6.07, 6.45) is 4.83. The molecular weight excluding hydrogens is 195 g/mol. The molecule has 0 unspecified atom stereocenters. The summed E-state index contributed by atoms with van der Waals surface area (Å²) in [5.74, 6) is 2.37. The zero-order valence-electron chi connectivity index (χ0n) is 8.53. The molecule has 0 aromatic heterocycles. The number of hydrogen-bond donors (Lipinski definition) is 1. The predicted octanol–water partition coefficient (Wildman–Crippen LogP) is 2.28. The van der Waals surface area contributed by atoms with Gasteiger partial charge in [-0.15, -0.1) is 12.3 Å². The van der Waals surface area contributed by atoms with E-state index in [1.54, 1.807) is 6.92 Å². The molecule has 0 aliphatic rings. The molecule has 0 amide bonds. The van der Waals surface area contributed by atoms with Crippen LogP contribution in [0.15, 0.2) is 18.2 Å². The van der Waals surface area contributed by atoms with E-state index in [2.05, 4.69) is 5.92 Å².